The summed E-state index contributed by atoms with van der Waals surface area (Å²) < 4.78 is 11.1. The van der Waals surface area contributed by atoms with Gasteiger partial charge in [0, 0.05) is 24.6 Å². The normalized spacial score (nSPS) is 17.2. The highest BCUT2D eigenvalue weighted by Gasteiger charge is 2.38. The SMILES string of the molecule is CO[C@](C)(CI)C(=O)[C@H](CC(C)C)NC(=O)CNC(=O)[C@H](CC(C)C)NC(=O)CNC(=O)CN1CCOCC1. The first-order valence-corrected chi connectivity index (χ1v) is 14.9. The minimum Gasteiger partial charge on any atom is -0.379 e. The van der Waals surface area contributed by atoms with Crippen molar-refractivity contribution in [2.45, 2.75) is 65.1 Å². The second-order valence-corrected chi connectivity index (χ2v) is 11.6. The first kappa shape index (κ1) is 35.2. The number of hydrogen-bond acceptors (Lipinski definition) is 8. The predicted octanol–water partition coefficient (Wildman–Crippen LogP) is 0.0220. The van der Waals surface area contributed by atoms with Crippen LogP contribution in [-0.2, 0) is 33.4 Å². The Bertz CT molecular complexity index is 830. The molecule has 1 fully saturated rings. The van der Waals surface area contributed by atoms with Crippen molar-refractivity contribution in [3.63, 3.8) is 0 Å². The topological polar surface area (TPSA) is 155 Å². The van der Waals surface area contributed by atoms with Gasteiger partial charge in [0.25, 0.3) is 0 Å². The van der Waals surface area contributed by atoms with Gasteiger partial charge in [-0.1, -0.05) is 50.3 Å². The van der Waals surface area contributed by atoms with Gasteiger partial charge in [0.1, 0.15) is 11.6 Å². The van der Waals surface area contributed by atoms with Crippen molar-refractivity contribution in [1.82, 2.24) is 26.2 Å². The summed E-state index contributed by atoms with van der Waals surface area (Å²) in [5.41, 5.74) is -1.04. The Balaban J connectivity index is 2.65. The molecule has 1 saturated heterocycles. The Morgan fingerprint density at radius 3 is 1.90 bits per heavy atom. The van der Waals surface area contributed by atoms with Crippen LogP contribution in [-0.4, -0.2) is 109 Å². The maximum Gasteiger partial charge on any atom is 0.243 e. The van der Waals surface area contributed by atoms with Crippen molar-refractivity contribution < 1.29 is 33.4 Å². The van der Waals surface area contributed by atoms with Gasteiger partial charge in [0.05, 0.1) is 38.9 Å². The second-order valence-electron chi connectivity index (χ2n) is 10.8. The Kier molecular flexibility index (Phi) is 16.0. The van der Waals surface area contributed by atoms with E-state index in [1.54, 1.807) is 6.92 Å². The Labute approximate surface area is 245 Å². The zero-order chi connectivity index (χ0) is 29.6. The predicted molar refractivity (Wildman–Crippen MR) is 155 cm³/mol. The Morgan fingerprint density at radius 2 is 1.38 bits per heavy atom. The molecule has 0 unspecified atom stereocenters. The van der Waals surface area contributed by atoms with E-state index in [0.29, 0.717) is 43.6 Å². The summed E-state index contributed by atoms with van der Waals surface area (Å²) in [6.45, 7) is 11.4. The highest BCUT2D eigenvalue weighted by molar-refractivity contribution is 14.1. The fraction of sp³-hybridized carbons (Fsp3) is 0.808. The fourth-order valence-corrected chi connectivity index (χ4v) is 4.66. The molecule has 12 nitrogen and oxygen atoms in total. The minimum absolute atomic E-state index is 0.0822. The van der Waals surface area contributed by atoms with E-state index >= 15 is 0 Å². The zero-order valence-corrected chi connectivity index (χ0v) is 26.2. The van der Waals surface area contributed by atoms with Gasteiger partial charge in [-0.3, -0.25) is 28.9 Å². The van der Waals surface area contributed by atoms with Crippen molar-refractivity contribution in [1.29, 1.82) is 0 Å². The van der Waals surface area contributed by atoms with Crippen LogP contribution in [0.2, 0.25) is 0 Å². The molecule has 0 saturated carbocycles. The smallest absolute Gasteiger partial charge is 0.243 e. The van der Waals surface area contributed by atoms with Crippen LogP contribution in [0, 0.1) is 11.8 Å². The van der Waals surface area contributed by atoms with Crippen LogP contribution in [0.15, 0.2) is 0 Å². The van der Waals surface area contributed by atoms with Gasteiger partial charge < -0.3 is 30.7 Å². The molecule has 13 heteroatoms. The van der Waals surface area contributed by atoms with E-state index in [1.165, 1.54) is 7.11 Å². The zero-order valence-electron chi connectivity index (χ0n) is 24.1. The lowest BCUT2D eigenvalue weighted by molar-refractivity contribution is -0.141. The summed E-state index contributed by atoms with van der Waals surface area (Å²) in [5.74, 6) is -1.83. The third kappa shape index (κ3) is 13.4. The molecule has 1 rings (SSSR count). The number of ether oxygens (including phenoxy) is 2. The van der Waals surface area contributed by atoms with E-state index in [0.717, 1.165) is 0 Å². The summed E-state index contributed by atoms with van der Waals surface area (Å²) >= 11 is 2.08. The number of rotatable bonds is 17. The number of halogens is 1. The maximum absolute atomic E-state index is 13.1. The highest BCUT2D eigenvalue weighted by Crippen LogP contribution is 2.19. The number of amides is 4. The summed E-state index contributed by atoms with van der Waals surface area (Å²) in [5, 5.41) is 10.5. The summed E-state index contributed by atoms with van der Waals surface area (Å²) in [4.78, 5) is 65.2. The minimum atomic E-state index is -1.04. The molecule has 0 spiro atoms. The number of nitrogens with zero attached hydrogens (tertiary/aromatic N) is 1. The molecule has 4 amide bonds. The number of methoxy groups -OCH3 is 1. The summed E-state index contributed by atoms with van der Waals surface area (Å²) in [7, 11) is 1.46. The molecule has 224 valence electrons. The fourth-order valence-electron chi connectivity index (χ4n) is 3.97. The van der Waals surface area contributed by atoms with Crippen molar-refractivity contribution in [3.8, 4) is 0 Å². The van der Waals surface area contributed by atoms with Gasteiger partial charge in [-0.2, -0.15) is 0 Å². The van der Waals surface area contributed by atoms with E-state index < -0.39 is 35.4 Å². The third-order valence-electron chi connectivity index (χ3n) is 6.28. The molecule has 0 aliphatic carbocycles. The van der Waals surface area contributed by atoms with E-state index in [-0.39, 0.29) is 43.2 Å². The van der Waals surface area contributed by atoms with Gasteiger partial charge in [-0.15, -0.1) is 0 Å². The molecular weight excluding hydrogens is 621 g/mol. The van der Waals surface area contributed by atoms with Gasteiger partial charge in [-0.05, 0) is 31.6 Å². The largest absolute Gasteiger partial charge is 0.379 e. The van der Waals surface area contributed by atoms with Crippen molar-refractivity contribution in [2.24, 2.45) is 11.8 Å². The molecule has 0 aromatic rings. The van der Waals surface area contributed by atoms with Gasteiger partial charge >= 0.3 is 0 Å². The van der Waals surface area contributed by atoms with Crippen LogP contribution in [0.25, 0.3) is 0 Å². The molecule has 1 aliphatic rings. The number of morpholine rings is 1. The van der Waals surface area contributed by atoms with Crippen molar-refractivity contribution in [3.05, 3.63) is 0 Å². The number of hydrogen-bond donors (Lipinski definition) is 4. The van der Waals surface area contributed by atoms with E-state index in [4.69, 9.17) is 9.47 Å². The van der Waals surface area contributed by atoms with Crippen LogP contribution in [0.5, 0.6) is 0 Å². The third-order valence-corrected chi connectivity index (χ3v) is 7.74. The average Bonchev–Trinajstić information content (AvgIpc) is 2.89. The standard InChI is InChI=1S/C26H46IN5O7/c1-17(2)11-19(24(36)26(5,16-27)38-6)30-22(34)14-29-25(37)20(12-18(3)4)31-21(33)13-28-23(35)15-32-7-9-39-10-8-32/h17-20H,7-16H2,1-6H3,(H,28,35)(H,29,37)(H,30,34)(H,31,33)/t19-,20-,26+/m0/s1. The molecule has 3 atom stereocenters. The molecule has 1 heterocycles. The number of nitrogens with one attached hydrogen (secondary N) is 4. The van der Waals surface area contributed by atoms with E-state index in [1.807, 2.05) is 32.6 Å². The molecule has 4 N–H and O–H groups in total. The lowest BCUT2D eigenvalue weighted by Gasteiger charge is -2.30. The van der Waals surface area contributed by atoms with Crippen LogP contribution in [0.1, 0.15) is 47.5 Å². The first-order chi connectivity index (χ1) is 18.3. The van der Waals surface area contributed by atoms with Gasteiger partial charge in [0.15, 0.2) is 5.78 Å². The lowest BCUT2D eigenvalue weighted by atomic mass is 9.91. The van der Waals surface area contributed by atoms with Crippen LogP contribution in [0.4, 0.5) is 0 Å². The van der Waals surface area contributed by atoms with Crippen molar-refractivity contribution >= 4 is 52.0 Å². The van der Waals surface area contributed by atoms with E-state index in [2.05, 4.69) is 43.9 Å². The maximum atomic E-state index is 13.1. The van der Waals surface area contributed by atoms with Crippen molar-refractivity contribution in [2.75, 3.05) is 57.5 Å². The van der Waals surface area contributed by atoms with Crippen LogP contribution in [0.3, 0.4) is 0 Å². The average molecular weight is 668 g/mol. The second kappa shape index (κ2) is 17.8. The molecule has 0 aromatic heterocycles. The monoisotopic (exact) mass is 667 g/mol. The molecule has 0 aromatic carbocycles. The van der Waals surface area contributed by atoms with Crippen LogP contribution < -0.4 is 21.3 Å². The van der Waals surface area contributed by atoms with Crippen LogP contribution >= 0.6 is 22.6 Å². The summed E-state index contributed by atoms with van der Waals surface area (Å²) in [6, 6.07) is -1.65. The molecule has 1 aliphatic heterocycles. The lowest BCUT2D eigenvalue weighted by Crippen LogP contribution is -2.55. The molecular formula is C26H46IN5O7. The number of carbonyl (C=O) groups is 5. The van der Waals surface area contributed by atoms with Gasteiger partial charge in [-0.25, -0.2) is 0 Å². The Hall–Kier alpha value is -1.84. The first-order valence-electron chi connectivity index (χ1n) is 13.4. The quantitative estimate of drug-likeness (QED) is 0.125. The highest BCUT2D eigenvalue weighted by atomic mass is 127. The summed E-state index contributed by atoms with van der Waals surface area (Å²) in [6.07, 6.45) is 0.772. The molecule has 39 heavy (non-hydrogen) atoms. The number of carbonyl (C=O) groups excluding carboxylic acids is 5. The number of ketones is 1. The Morgan fingerprint density at radius 1 is 0.872 bits per heavy atom. The molecule has 0 bridgehead atoms. The number of alkyl halides is 1. The number of Topliss-reactive ketones (excluding diaryl/α,β-unsaturated/α-hetero) is 1. The van der Waals surface area contributed by atoms with Gasteiger partial charge in [0.2, 0.25) is 23.6 Å². The van der Waals surface area contributed by atoms with E-state index in [9.17, 15) is 24.0 Å². The molecule has 0 radical (unpaired) electrons.